The van der Waals surface area contributed by atoms with Crippen LogP contribution in [-0.2, 0) is 4.74 Å². The van der Waals surface area contributed by atoms with Crippen LogP contribution in [0, 0.1) is 5.41 Å². The number of rotatable bonds is 0. The third kappa shape index (κ3) is 1.06. The highest BCUT2D eigenvalue weighted by atomic mass is 16.5. The number of nitrogens with one attached hydrogen (secondary N) is 1. The van der Waals surface area contributed by atoms with E-state index < -0.39 is 0 Å². The van der Waals surface area contributed by atoms with Crippen LogP contribution in [0.15, 0.2) is 0 Å². The van der Waals surface area contributed by atoms with Gasteiger partial charge in [0.1, 0.15) is 0 Å². The van der Waals surface area contributed by atoms with Gasteiger partial charge in [-0.05, 0) is 24.7 Å². The first-order valence-corrected chi connectivity index (χ1v) is 4.20. The van der Waals surface area contributed by atoms with E-state index in [-0.39, 0.29) is 0 Å². The van der Waals surface area contributed by atoms with Crippen LogP contribution < -0.4 is 5.32 Å². The van der Waals surface area contributed by atoms with Crippen LogP contribution in [-0.4, -0.2) is 26.3 Å². The molecular weight excluding hydrogens is 126 g/mol. The summed E-state index contributed by atoms with van der Waals surface area (Å²) in [7, 11) is 0. The molecule has 0 saturated carbocycles. The minimum atomic E-state index is 0.649. The van der Waals surface area contributed by atoms with Crippen molar-refractivity contribution in [2.45, 2.75) is 19.3 Å². The molecule has 2 fully saturated rings. The smallest absolute Gasteiger partial charge is 0.0472 e. The molecule has 2 rings (SSSR count). The Hall–Kier alpha value is -0.0800. The first kappa shape index (κ1) is 6.62. The van der Waals surface area contributed by atoms with Gasteiger partial charge in [0.2, 0.25) is 0 Å². The van der Waals surface area contributed by atoms with Crippen LogP contribution in [0.3, 0.4) is 0 Å². The van der Waals surface area contributed by atoms with Gasteiger partial charge in [0.05, 0.1) is 0 Å². The molecule has 1 spiro atoms. The largest absolute Gasteiger partial charge is 0.381 e. The van der Waals surface area contributed by atoms with Crippen LogP contribution in [0.2, 0.25) is 0 Å². The summed E-state index contributed by atoms with van der Waals surface area (Å²) in [5.74, 6) is 0. The minimum Gasteiger partial charge on any atom is -0.381 e. The standard InChI is InChI=1S/C8H15NO/c1-2-8(6-9-7-8)3-5-10-4-1/h9H,1-7H2. The fourth-order valence-electron chi connectivity index (χ4n) is 1.90. The molecule has 2 aliphatic heterocycles. The molecule has 0 aliphatic carbocycles. The van der Waals surface area contributed by atoms with Crippen molar-refractivity contribution in [3.63, 3.8) is 0 Å². The topological polar surface area (TPSA) is 21.3 Å². The van der Waals surface area contributed by atoms with Crippen LogP contribution in [0.1, 0.15) is 19.3 Å². The molecule has 2 heterocycles. The molecule has 0 bridgehead atoms. The van der Waals surface area contributed by atoms with Crippen LogP contribution in [0.4, 0.5) is 0 Å². The fourth-order valence-corrected chi connectivity index (χ4v) is 1.90. The first-order chi connectivity index (χ1) is 4.91. The van der Waals surface area contributed by atoms with Crippen molar-refractivity contribution in [3.8, 4) is 0 Å². The molecule has 0 atom stereocenters. The highest BCUT2D eigenvalue weighted by Crippen LogP contribution is 2.33. The zero-order valence-corrected chi connectivity index (χ0v) is 6.36. The van der Waals surface area contributed by atoms with Crippen LogP contribution >= 0.6 is 0 Å². The van der Waals surface area contributed by atoms with E-state index in [1.54, 1.807) is 0 Å². The van der Waals surface area contributed by atoms with E-state index in [0.29, 0.717) is 5.41 Å². The van der Waals surface area contributed by atoms with Gasteiger partial charge in [0.15, 0.2) is 0 Å². The van der Waals surface area contributed by atoms with Gasteiger partial charge >= 0.3 is 0 Å². The SMILES string of the molecule is C1COCCC2(C1)CNC2. The number of hydrogen-bond donors (Lipinski definition) is 1. The Bertz CT molecular complexity index is 110. The second kappa shape index (κ2) is 2.51. The van der Waals surface area contributed by atoms with E-state index in [1.807, 2.05) is 0 Å². The summed E-state index contributed by atoms with van der Waals surface area (Å²) in [4.78, 5) is 0. The molecule has 0 aromatic heterocycles. The first-order valence-electron chi connectivity index (χ1n) is 4.20. The molecule has 1 N–H and O–H groups in total. The molecule has 2 nitrogen and oxygen atoms in total. The third-order valence-electron chi connectivity index (χ3n) is 2.77. The maximum atomic E-state index is 5.40. The van der Waals surface area contributed by atoms with Crippen LogP contribution in [0.25, 0.3) is 0 Å². The molecular formula is C8H15NO. The predicted octanol–water partition coefficient (Wildman–Crippen LogP) is 0.776. The van der Waals surface area contributed by atoms with Crippen molar-refractivity contribution in [2.24, 2.45) is 5.41 Å². The Morgan fingerprint density at radius 1 is 1.10 bits per heavy atom. The second-order valence-electron chi connectivity index (χ2n) is 3.57. The van der Waals surface area contributed by atoms with Crippen molar-refractivity contribution in [1.82, 2.24) is 5.32 Å². The summed E-state index contributed by atoms with van der Waals surface area (Å²) in [5, 5.41) is 3.34. The van der Waals surface area contributed by atoms with E-state index in [4.69, 9.17) is 4.74 Å². The predicted molar refractivity (Wildman–Crippen MR) is 40.0 cm³/mol. The van der Waals surface area contributed by atoms with E-state index in [9.17, 15) is 0 Å². The maximum absolute atomic E-state index is 5.40. The summed E-state index contributed by atoms with van der Waals surface area (Å²) in [6.45, 7) is 4.44. The lowest BCUT2D eigenvalue weighted by Crippen LogP contribution is -2.53. The van der Waals surface area contributed by atoms with Gasteiger partial charge < -0.3 is 10.1 Å². The van der Waals surface area contributed by atoms with E-state index in [2.05, 4.69) is 5.32 Å². The van der Waals surface area contributed by atoms with Crippen LogP contribution in [0.5, 0.6) is 0 Å². The molecule has 0 amide bonds. The summed E-state index contributed by atoms with van der Waals surface area (Å²) in [6.07, 6.45) is 3.92. The van der Waals surface area contributed by atoms with Gasteiger partial charge in [-0.2, -0.15) is 0 Å². The summed E-state index contributed by atoms with van der Waals surface area (Å²) >= 11 is 0. The fraction of sp³-hybridized carbons (Fsp3) is 1.00. The number of ether oxygens (including phenoxy) is 1. The minimum absolute atomic E-state index is 0.649. The lowest BCUT2D eigenvalue weighted by atomic mass is 9.75. The Morgan fingerprint density at radius 3 is 2.70 bits per heavy atom. The summed E-state index contributed by atoms with van der Waals surface area (Å²) in [5.41, 5.74) is 0.649. The Morgan fingerprint density at radius 2 is 2.00 bits per heavy atom. The Kier molecular flexibility index (Phi) is 1.66. The van der Waals surface area contributed by atoms with Gasteiger partial charge in [0.25, 0.3) is 0 Å². The van der Waals surface area contributed by atoms with Crippen molar-refractivity contribution in [2.75, 3.05) is 26.3 Å². The lowest BCUT2D eigenvalue weighted by Gasteiger charge is -2.41. The highest BCUT2D eigenvalue weighted by molar-refractivity contribution is 4.92. The van der Waals surface area contributed by atoms with Gasteiger partial charge in [-0.15, -0.1) is 0 Å². The second-order valence-corrected chi connectivity index (χ2v) is 3.57. The van der Waals surface area contributed by atoms with E-state index in [1.165, 1.54) is 32.4 Å². The molecule has 2 aliphatic rings. The van der Waals surface area contributed by atoms with Gasteiger partial charge in [-0.25, -0.2) is 0 Å². The third-order valence-corrected chi connectivity index (χ3v) is 2.77. The highest BCUT2D eigenvalue weighted by Gasteiger charge is 2.36. The average Bonchev–Trinajstić information content (AvgIpc) is 2.08. The molecule has 0 radical (unpaired) electrons. The Labute approximate surface area is 61.9 Å². The quantitative estimate of drug-likeness (QED) is 0.538. The molecule has 2 heteroatoms. The maximum Gasteiger partial charge on any atom is 0.0472 e. The van der Waals surface area contributed by atoms with Gasteiger partial charge in [-0.1, -0.05) is 0 Å². The zero-order chi connectivity index (χ0) is 6.86. The number of hydrogen-bond acceptors (Lipinski definition) is 2. The Balaban J connectivity index is 1.92. The molecule has 10 heavy (non-hydrogen) atoms. The monoisotopic (exact) mass is 141 g/mol. The van der Waals surface area contributed by atoms with E-state index in [0.717, 1.165) is 13.2 Å². The normalized spacial score (nSPS) is 31.2. The molecule has 0 aromatic carbocycles. The van der Waals surface area contributed by atoms with Gasteiger partial charge in [0, 0.05) is 26.3 Å². The molecule has 58 valence electrons. The van der Waals surface area contributed by atoms with Crippen molar-refractivity contribution < 1.29 is 4.74 Å². The molecule has 2 saturated heterocycles. The summed E-state index contributed by atoms with van der Waals surface area (Å²) in [6, 6.07) is 0. The van der Waals surface area contributed by atoms with Crippen molar-refractivity contribution in [3.05, 3.63) is 0 Å². The molecule has 0 aromatic rings. The van der Waals surface area contributed by atoms with Crippen molar-refractivity contribution in [1.29, 1.82) is 0 Å². The van der Waals surface area contributed by atoms with Gasteiger partial charge in [-0.3, -0.25) is 0 Å². The summed E-state index contributed by atoms with van der Waals surface area (Å²) < 4.78 is 5.40. The zero-order valence-electron chi connectivity index (χ0n) is 6.36. The lowest BCUT2D eigenvalue weighted by molar-refractivity contribution is 0.106. The average molecular weight is 141 g/mol. The molecule has 0 unspecified atom stereocenters. The van der Waals surface area contributed by atoms with E-state index >= 15 is 0 Å². The van der Waals surface area contributed by atoms with Crippen molar-refractivity contribution >= 4 is 0 Å².